The number of carboxylic acids is 1. The highest BCUT2D eigenvalue weighted by atomic mass is 79.9. The average molecular weight is 559 g/mol. The molecule has 3 heterocycles. The number of benzene rings is 1. The molecule has 2 aromatic rings. The Kier molecular flexibility index (Phi) is 3.99. The molecule has 2 N–H and O–H groups in total. The van der Waals surface area contributed by atoms with E-state index in [4.69, 9.17) is 4.74 Å². The maximum absolute atomic E-state index is 13.1. The van der Waals surface area contributed by atoms with Gasteiger partial charge in [0.1, 0.15) is 5.75 Å². The van der Waals surface area contributed by atoms with Gasteiger partial charge in [0.2, 0.25) is 0 Å². The van der Waals surface area contributed by atoms with Crippen molar-refractivity contribution in [2.75, 3.05) is 0 Å². The van der Waals surface area contributed by atoms with Crippen molar-refractivity contribution in [1.29, 1.82) is 0 Å². The summed E-state index contributed by atoms with van der Waals surface area (Å²) in [6, 6.07) is 3.77. The number of hydrogen-bond acceptors (Lipinski definition) is 6. The van der Waals surface area contributed by atoms with E-state index in [2.05, 4.69) is 36.8 Å². The molecule has 2 aliphatic heterocycles. The van der Waals surface area contributed by atoms with Crippen LogP contribution in [0.5, 0.6) is 5.75 Å². The minimum absolute atomic E-state index is 0.0524. The lowest BCUT2D eigenvalue weighted by atomic mass is 9.66. The SMILES string of the molecule is O=C(O)C1C2CC3C1C(=O)Oc1c(Br)cc(Br)cc1C1c4sc(=O)[nH]c4SC2C13. The first kappa shape index (κ1) is 18.7. The summed E-state index contributed by atoms with van der Waals surface area (Å²) in [5.41, 5.74) is 0.865. The van der Waals surface area contributed by atoms with Crippen LogP contribution in [0.15, 0.2) is 30.9 Å². The maximum atomic E-state index is 13.1. The van der Waals surface area contributed by atoms with Gasteiger partial charge in [0.15, 0.2) is 0 Å². The lowest BCUT2D eigenvalue weighted by Crippen LogP contribution is -2.49. The van der Waals surface area contributed by atoms with Gasteiger partial charge in [-0.3, -0.25) is 14.4 Å². The summed E-state index contributed by atoms with van der Waals surface area (Å²) in [4.78, 5) is 41.2. The van der Waals surface area contributed by atoms with Crippen molar-refractivity contribution < 1.29 is 19.4 Å². The fourth-order valence-electron chi connectivity index (χ4n) is 6.03. The van der Waals surface area contributed by atoms with E-state index in [9.17, 15) is 19.5 Å². The molecule has 2 bridgehead atoms. The molecule has 2 aliphatic carbocycles. The molecule has 150 valence electrons. The number of halogens is 2. The van der Waals surface area contributed by atoms with E-state index in [-0.39, 0.29) is 33.8 Å². The number of thiazole rings is 1. The van der Waals surface area contributed by atoms with Gasteiger partial charge in [-0.2, -0.15) is 0 Å². The first-order valence-corrected chi connectivity index (χ1v) is 12.5. The van der Waals surface area contributed by atoms with Crippen molar-refractivity contribution in [3.8, 4) is 5.75 Å². The zero-order chi connectivity index (χ0) is 20.2. The normalized spacial score (nSPS) is 36.1. The van der Waals surface area contributed by atoms with Crippen LogP contribution in [-0.2, 0) is 9.59 Å². The number of hydrogen-bond donors (Lipinski definition) is 2. The second-order valence-corrected chi connectivity index (χ2v) is 12.0. The number of thioether (sulfide) groups is 1. The van der Waals surface area contributed by atoms with E-state index in [1.807, 2.05) is 12.1 Å². The number of aliphatic carboxylic acids is 1. The summed E-state index contributed by atoms with van der Waals surface area (Å²) in [6.07, 6.45) is 0.708. The monoisotopic (exact) mass is 557 g/mol. The summed E-state index contributed by atoms with van der Waals surface area (Å²) in [7, 11) is 0. The van der Waals surface area contributed by atoms with Gasteiger partial charge in [0.05, 0.1) is 21.3 Å². The summed E-state index contributed by atoms with van der Waals surface area (Å²) in [5, 5.41) is 10.8. The van der Waals surface area contributed by atoms with Gasteiger partial charge in [-0.1, -0.05) is 27.3 Å². The molecule has 7 atom stereocenters. The molecule has 29 heavy (non-hydrogen) atoms. The quantitative estimate of drug-likeness (QED) is 0.404. The van der Waals surface area contributed by atoms with Gasteiger partial charge in [0.25, 0.3) is 0 Å². The Hall–Kier alpha value is -1.10. The molecule has 2 saturated carbocycles. The number of carbonyl (C=O) groups is 2. The fraction of sp³-hybridized carbons (Fsp3) is 0.421. The van der Waals surface area contributed by atoms with Gasteiger partial charge in [0, 0.05) is 26.1 Å². The summed E-state index contributed by atoms with van der Waals surface area (Å²) < 4.78 is 7.32. The van der Waals surface area contributed by atoms with Gasteiger partial charge in [-0.15, -0.1) is 11.8 Å². The zero-order valence-corrected chi connectivity index (χ0v) is 19.4. The number of fused-ring (bicyclic) bond motifs is 6. The molecule has 2 fully saturated rings. The Morgan fingerprint density at radius 2 is 2.03 bits per heavy atom. The van der Waals surface area contributed by atoms with E-state index >= 15 is 0 Å². The second kappa shape index (κ2) is 6.21. The molecular weight excluding hydrogens is 546 g/mol. The molecule has 4 aliphatic rings. The van der Waals surface area contributed by atoms with Crippen LogP contribution in [0.1, 0.15) is 22.8 Å². The van der Waals surface area contributed by atoms with E-state index < -0.39 is 23.8 Å². The minimum Gasteiger partial charge on any atom is -0.481 e. The second-order valence-electron chi connectivity index (χ2n) is 8.03. The number of ether oxygens (including phenoxy) is 1. The highest BCUT2D eigenvalue weighted by molar-refractivity contribution is 9.11. The molecule has 0 amide bonds. The molecule has 1 aromatic carbocycles. The first-order chi connectivity index (χ1) is 13.8. The van der Waals surface area contributed by atoms with Crippen LogP contribution in [0, 0.1) is 29.6 Å². The van der Waals surface area contributed by atoms with Crippen LogP contribution < -0.4 is 9.61 Å². The molecule has 10 heteroatoms. The topological polar surface area (TPSA) is 96.5 Å². The van der Waals surface area contributed by atoms with E-state index in [0.717, 1.165) is 19.9 Å². The Morgan fingerprint density at radius 1 is 1.24 bits per heavy atom. The van der Waals surface area contributed by atoms with E-state index in [0.29, 0.717) is 16.6 Å². The third-order valence-electron chi connectivity index (χ3n) is 6.84. The standard InChI is InChI=1S/C19H13Br2NO5S2/c20-4-1-6-10-9-5-3-7(14(9)28-16-15(10)29-19(26)22-16)11(17(23)24)12(5)18(25)27-13(6)8(21)2-4/h1-2,5,7,9-12,14H,3H2,(H,22,26)(H,23,24). The minimum atomic E-state index is -0.935. The number of aromatic amines is 1. The van der Waals surface area contributed by atoms with Crippen molar-refractivity contribution in [2.24, 2.45) is 29.6 Å². The molecule has 6 rings (SSSR count). The fourth-order valence-corrected chi connectivity index (χ4v) is 10.2. The van der Waals surface area contributed by atoms with Crippen molar-refractivity contribution >= 4 is 66.9 Å². The molecular formula is C19H13Br2NO5S2. The van der Waals surface area contributed by atoms with Crippen molar-refractivity contribution in [2.45, 2.75) is 22.6 Å². The Labute approximate surface area is 189 Å². The molecule has 0 saturated heterocycles. The van der Waals surface area contributed by atoms with Crippen molar-refractivity contribution in [3.05, 3.63) is 41.2 Å². The van der Waals surface area contributed by atoms with E-state index in [1.165, 1.54) is 11.3 Å². The molecule has 6 nitrogen and oxygen atoms in total. The zero-order valence-electron chi connectivity index (χ0n) is 14.6. The number of rotatable bonds is 1. The Bertz CT molecular complexity index is 1160. The predicted molar refractivity (Wildman–Crippen MR) is 114 cm³/mol. The maximum Gasteiger partial charge on any atom is 0.315 e. The van der Waals surface area contributed by atoms with Crippen LogP contribution in [-0.4, -0.2) is 27.3 Å². The van der Waals surface area contributed by atoms with Crippen LogP contribution in [0.4, 0.5) is 0 Å². The number of H-pyrrole nitrogens is 1. The first-order valence-electron chi connectivity index (χ1n) is 9.18. The molecule has 0 spiro atoms. The van der Waals surface area contributed by atoms with Crippen LogP contribution in [0.2, 0.25) is 0 Å². The lowest BCUT2D eigenvalue weighted by Gasteiger charge is -2.46. The smallest absolute Gasteiger partial charge is 0.315 e. The highest BCUT2D eigenvalue weighted by Crippen LogP contribution is 2.68. The number of nitrogens with one attached hydrogen (secondary N) is 1. The van der Waals surface area contributed by atoms with Crippen LogP contribution >= 0.6 is 55.0 Å². The Morgan fingerprint density at radius 3 is 2.79 bits per heavy atom. The molecule has 7 unspecified atom stereocenters. The third kappa shape index (κ3) is 2.43. The predicted octanol–water partition coefficient (Wildman–Crippen LogP) is 4.07. The van der Waals surface area contributed by atoms with Crippen LogP contribution in [0.3, 0.4) is 0 Å². The van der Waals surface area contributed by atoms with E-state index in [1.54, 1.807) is 11.8 Å². The number of esters is 1. The largest absolute Gasteiger partial charge is 0.481 e. The van der Waals surface area contributed by atoms with Gasteiger partial charge in [-0.05, 0) is 52.2 Å². The number of carboxylic acid groups (broad SMARTS) is 1. The Balaban J connectivity index is 1.66. The summed E-state index contributed by atoms with van der Waals surface area (Å²) >= 11 is 9.84. The summed E-state index contributed by atoms with van der Waals surface area (Å²) in [6.45, 7) is 0. The van der Waals surface area contributed by atoms with Gasteiger partial charge < -0.3 is 14.8 Å². The van der Waals surface area contributed by atoms with Crippen molar-refractivity contribution in [3.63, 3.8) is 0 Å². The number of aromatic nitrogens is 1. The van der Waals surface area contributed by atoms with Gasteiger partial charge in [-0.25, -0.2) is 0 Å². The van der Waals surface area contributed by atoms with Crippen molar-refractivity contribution in [1.82, 2.24) is 4.98 Å². The van der Waals surface area contributed by atoms with Crippen LogP contribution in [0.25, 0.3) is 0 Å². The highest BCUT2D eigenvalue weighted by Gasteiger charge is 2.67. The third-order valence-corrected chi connectivity index (χ3v) is 10.5. The number of carbonyl (C=O) groups excluding carboxylic acids is 1. The average Bonchev–Trinajstić information content (AvgIpc) is 3.30. The molecule has 1 aromatic heterocycles. The molecule has 0 radical (unpaired) electrons. The summed E-state index contributed by atoms with van der Waals surface area (Å²) in [5.74, 6) is -2.54. The lowest BCUT2D eigenvalue weighted by molar-refractivity contribution is -0.156. The van der Waals surface area contributed by atoms with Gasteiger partial charge >= 0.3 is 16.8 Å².